The molecule has 0 saturated carbocycles. The van der Waals surface area contributed by atoms with Gasteiger partial charge in [-0.1, -0.05) is 17.7 Å². The topological polar surface area (TPSA) is 32.3 Å². The van der Waals surface area contributed by atoms with E-state index in [9.17, 15) is 9.18 Å². The Bertz CT molecular complexity index is 439. The summed E-state index contributed by atoms with van der Waals surface area (Å²) in [5, 5.41) is 3.35. The number of benzene rings is 1. The molecule has 1 aromatic rings. The number of carbonyl (C=O) groups excluding carboxylic acids is 1. The van der Waals surface area contributed by atoms with Crippen LogP contribution in [0.2, 0.25) is 5.02 Å². The first-order valence-corrected chi connectivity index (χ1v) is 6.75. The van der Waals surface area contributed by atoms with Gasteiger partial charge >= 0.3 is 0 Å². The zero-order valence-electron chi connectivity index (χ0n) is 11.5. The van der Waals surface area contributed by atoms with Gasteiger partial charge in [0, 0.05) is 32.6 Å². The molecule has 1 unspecified atom stereocenters. The predicted molar refractivity (Wildman–Crippen MR) is 75.8 cm³/mol. The average molecular weight is 287 g/mol. The molecule has 0 aliphatic heterocycles. The van der Waals surface area contributed by atoms with Crippen molar-refractivity contribution in [1.29, 1.82) is 0 Å². The summed E-state index contributed by atoms with van der Waals surface area (Å²) >= 11 is 5.74. The molecule has 0 spiro atoms. The highest BCUT2D eigenvalue weighted by Gasteiger charge is 2.10. The molecule has 1 aromatic carbocycles. The molecule has 0 fully saturated rings. The molecule has 0 aromatic heterocycles. The molecule has 1 rings (SSSR count). The van der Waals surface area contributed by atoms with Crippen molar-refractivity contribution in [2.75, 3.05) is 20.1 Å². The van der Waals surface area contributed by atoms with Crippen molar-refractivity contribution in [3.63, 3.8) is 0 Å². The molecule has 0 aliphatic carbocycles. The minimum absolute atomic E-state index is 0.0258. The number of nitrogens with one attached hydrogen (secondary N) is 1. The maximum atomic E-state index is 13.0. The van der Waals surface area contributed by atoms with E-state index in [0.29, 0.717) is 19.5 Å². The molecule has 0 radical (unpaired) electrons. The summed E-state index contributed by atoms with van der Waals surface area (Å²) in [7, 11) is 1.78. The van der Waals surface area contributed by atoms with Crippen LogP contribution in [0, 0.1) is 5.82 Å². The highest BCUT2D eigenvalue weighted by molar-refractivity contribution is 6.30. The molecule has 0 aliphatic rings. The molecule has 0 bridgehead atoms. The Morgan fingerprint density at radius 3 is 2.79 bits per heavy atom. The first-order valence-electron chi connectivity index (χ1n) is 6.38. The van der Waals surface area contributed by atoms with Gasteiger partial charge in [0.25, 0.3) is 0 Å². The van der Waals surface area contributed by atoms with E-state index in [2.05, 4.69) is 5.32 Å². The van der Waals surface area contributed by atoms with Crippen LogP contribution in [0.15, 0.2) is 18.2 Å². The number of hydrogen-bond acceptors (Lipinski definition) is 2. The van der Waals surface area contributed by atoms with Crippen molar-refractivity contribution in [2.45, 2.75) is 26.3 Å². The van der Waals surface area contributed by atoms with Crippen LogP contribution in [0.4, 0.5) is 4.39 Å². The Morgan fingerprint density at radius 1 is 1.53 bits per heavy atom. The van der Waals surface area contributed by atoms with Crippen molar-refractivity contribution in [2.24, 2.45) is 0 Å². The van der Waals surface area contributed by atoms with Crippen LogP contribution in [-0.4, -0.2) is 30.9 Å². The number of hydrogen-bond donors (Lipinski definition) is 1. The third-order valence-electron chi connectivity index (χ3n) is 3.13. The van der Waals surface area contributed by atoms with Crippen LogP contribution in [0.3, 0.4) is 0 Å². The van der Waals surface area contributed by atoms with Crippen molar-refractivity contribution < 1.29 is 9.18 Å². The van der Waals surface area contributed by atoms with Crippen LogP contribution < -0.4 is 5.32 Å². The second-order valence-electron chi connectivity index (χ2n) is 4.51. The van der Waals surface area contributed by atoms with Crippen molar-refractivity contribution in [3.05, 3.63) is 34.6 Å². The second-order valence-corrected chi connectivity index (χ2v) is 4.91. The molecule has 106 valence electrons. The number of rotatable bonds is 6. The lowest BCUT2D eigenvalue weighted by atomic mass is 10.1. The summed E-state index contributed by atoms with van der Waals surface area (Å²) in [5.41, 5.74) is 0.905. The van der Waals surface area contributed by atoms with Gasteiger partial charge in [-0.2, -0.15) is 0 Å². The molecule has 5 heteroatoms. The fourth-order valence-corrected chi connectivity index (χ4v) is 1.85. The Hall–Kier alpha value is -1.13. The number of carbonyl (C=O) groups is 1. The fourth-order valence-electron chi connectivity index (χ4n) is 1.66. The Kier molecular flexibility index (Phi) is 6.25. The summed E-state index contributed by atoms with van der Waals surface area (Å²) < 4.78 is 13.0. The van der Waals surface area contributed by atoms with E-state index in [1.54, 1.807) is 24.1 Å². The third-order valence-corrected chi connectivity index (χ3v) is 3.42. The lowest BCUT2D eigenvalue weighted by Gasteiger charge is -2.17. The van der Waals surface area contributed by atoms with Crippen LogP contribution >= 0.6 is 11.6 Å². The molecule has 1 amide bonds. The first-order chi connectivity index (χ1) is 8.95. The normalized spacial score (nSPS) is 12.3. The largest absolute Gasteiger partial charge is 0.346 e. The number of amides is 1. The summed E-state index contributed by atoms with van der Waals surface area (Å²) in [6.45, 7) is 5.19. The van der Waals surface area contributed by atoms with Gasteiger partial charge in [0.1, 0.15) is 5.82 Å². The van der Waals surface area contributed by atoms with Crippen LogP contribution in [-0.2, 0) is 4.79 Å². The SMILES string of the molecule is CCN(C)C(=O)CCNC(C)c1ccc(F)c(Cl)c1. The molecule has 0 saturated heterocycles. The Labute approximate surface area is 118 Å². The van der Waals surface area contributed by atoms with E-state index in [4.69, 9.17) is 11.6 Å². The van der Waals surface area contributed by atoms with Gasteiger partial charge < -0.3 is 10.2 Å². The molecule has 19 heavy (non-hydrogen) atoms. The Balaban J connectivity index is 2.45. The average Bonchev–Trinajstić information content (AvgIpc) is 2.40. The zero-order chi connectivity index (χ0) is 14.4. The highest BCUT2D eigenvalue weighted by Crippen LogP contribution is 2.20. The molecule has 1 atom stereocenters. The van der Waals surface area contributed by atoms with E-state index >= 15 is 0 Å². The van der Waals surface area contributed by atoms with E-state index in [1.165, 1.54) is 6.07 Å². The minimum Gasteiger partial charge on any atom is -0.346 e. The van der Waals surface area contributed by atoms with Gasteiger partial charge in [0.15, 0.2) is 0 Å². The molecular weight excluding hydrogens is 267 g/mol. The van der Waals surface area contributed by atoms with Gasteiger partial charge in [-0.05, 0) is 31.5 Å². The minimum atomic E-state index is -0.419. The van der Waals surface area contributed by atoms with Crippen LogP contribution in [0.25, 0.3) is 0 Å². The maximum Gasteiger partial charge on any atom is 0.223 e. The molecule has 0 heterocycles. The van der Waals surface area contributed by atoms with Gasteiger partial charge in [-0.25, -0.2) is 4.39 Å². The monoisotopic (exact) mass is 286 g/mol. The lowest BCUT2D eigenvalue weighted by molar-refractivity contribution is -0.129. The standard InChI is InChI=1S/C14H20ClFN2O/c1-4-18(3)14(19)7-8-17-10(2)11-5-6-13(16)12(15)9-11/h5-6,9-10,17H,4,7-8H2,1-3H3. The van der Waals surface area contributed by atoms with E-state index in [-0.39, 0.29) is 17.0 Å². The summed E-state index contributed by atoms with van der Waals surface area (Å²) in [6.07, 6.45) is 0.448. The highest BCUT2D eigenvalue weighted by atomic mass is 35.5. The summed E-state index contributed by atoms with van der Waals surface area (Å²) in [5.74, 6) is -0.309. The van der Waals surface area contributed by atoms with Gasteiger partial charge in [-0.3, -0.25) is 4.79 Å². The van der Waals surface area contributed by atoms with E-state index in [0.717, 1.165) is 5.56 Å². The second kappa shape index (κ2) is 7.46. The number of nitrogens with zero attached hydrogens (tertiary/aromatic N) is 1. The molecular formula is C14H20ClFN2O. The quantitative estimate of drug-likeness (QED) is 0.872. The third kappa shape index (κ3) is 4.80. The molecule has 3 nitrogen and oxygen atoms in total. The van der Waals surface area contributed by atoms with Crippen molar-refractivity contribution in [1.82, 2.24) is 10.2 Å². The smallest absolute Gasteiger partial charge is 0.223 e. The van der Waals surface area contributed by atoms with E-state index in [1.807, 2.05) is 13.8 Å². The zero-order valence-corrected chi connectivity index (χ0v) is 12.3. The van der Waals surface area contributed by atoms with Crippen molar-refractivity contribution in [3.8, 4) is 0 Å². The fraction of sp³-hybridized carbons (Fsp3) is 0.500. The first kappa shape index (κ1) is 15.9. The number of halogens is 2. The maximum absolute atomic E-state index is 13.0. The van der Waals surface area contributed by atoms with Gasteiger partial charge in [0.05, 0.1) is 5.02 Å². The lowest BCUT2D eigenvalue weighted by Crippen LogP contribution is -2.30. The van der Waals surface area contributed by atoms with E-state index < -0.39 is 5.82 Å². The van der Waals surface area contributed by atoms with Gasteiger partial charge in [0.2, 0.25) is 5.91 Å². The Morgan fingerprint density at radius 2 is 2.21 bits per heavy atom. The van der Waals surface area contributed by atoms with Gasteiger partial charge in [-0.15, -0.1) is 0 Å². The van der Waals surface area contributed by atoms with Crippen molar-refractivity contribution >= 4 is 17.5 Å². The summed E-state index contributed by atoms with van der Waals surface area (Å²) in [6, 6.07) is 4.68. The predicted octanol–water partition coefficient (Wildman–Crippen LogP) is 3.00. The van der Waals surface area contributed by atoms with Crippen LogP contribution in [0.1, 0.15) is 31.9 Å². The summed E-state index contributed by atoms with van der Waals surface area (Å²) in [4.78, 5) is 13.3. The molecule has 1 N–H and O–H groups in total. The van der Waals surface area contributed by atoms with Crippen LogP contribution in [0.5, 0.6) is 0 Å².